The number of rotatable bonds is 2. The molecular weight excluding hydrogens is 252 g/mol. The van der Waals surface area contributed by atoms with Gasteiger partial charge in [-0.1, -0.05) is 12.1 Å². The molecule has 0 N–H and O–H groups in total. The van der Waals surface area contributed by atoms with Crippen molar-refractivity contribution in [1.29, 1.82) is 0 Å². The lowest BCUT2D eigenvalue weighted by Crippen LogP contribution is -2.70. The molecule has 0 unspecified atom stereocenters. The molecule has 3 nitrogen and oxygen atoms in total. The molecule has 0 radical (unpaired) electrons. The van der Waals surface area contributed by atoms with Crippen molar-refractivity contribution in [2.75, 3.05) is 20.2 Å². The average Bonchev–Trinajstić information content (AvgIpc) is 2.35. The highest BCUT2D eigenvalue weighted by atomic mass is 19.3. The van der Waals surface area contributed by atoms with Gasteiger partial charge in [0.2, 0.25) is 0 Å². The van der Waals surface area contributed by atoms with Gasteiger partial charge in [-0.2, -0.15) is 0 Å². The minimum absolute atomic E-state index is 0.0519. The highest BCUT2D eigenvalue weighted by molar-refractivity contribution is 5.97. The zero-order chi connectivity index (χ0) is 13.7. The summed E-state index contributed by atoms with van der Waals surface area (Å²) in [5.41, 5.74) is -0.521. The monoisotopic (exact) mass is 267 g/mol. The molecule has 2 fully saturated rings. The van der Waals surface area contributed by atoms with Crippen molar-refractivity contribution >= 4 is 5.91 Å². The molecule has 0 aromatic heterocycles. The minimum Gasteiger partial charge on any atom is -0.496 e. The Morgan fingerprint density at radius 1 is 1.26 bits per heavy atom. The van der Waals surface area contributed by atoms with Crippen molar-refractivity contribution in [2.24, 2.45) is 5.41 Å². The number of likely N-dealkylation sites (tertiary alicyclic amines) is 1. The predicted molar refractivity (Wildman–Crippen MR) is 65.5 cm³/mol. The molecule has 0 bridgehead atoms. The second-order valence-electron chi connectivity index (χ2n) is 5.35. The number of para-hydroxylation sites is 1. The third-order valence-corrected chi connectivity index (χ3v) is 4.31. The Labute approximate surface area is 110 Å². The molecule has 5 heteroatoms. The number of carbonyl (C=O) groups is 1. The molecule has 102 valence electrons. The van der Waals surface area contributed by atoms with E-state index in [2.05, 4.69) is 0 Å². The zero-order valence-electron chi connectivity index (χ0n) is 10.7. The van der Waals surface area contributed by atoms with Crippen LogP contribution < -0.4 is 4.74 Å². The summed E-state index contributed by atoms with van der Waals surface area (Å²) < 4.78 is 32.0. The molecule has 1 aliphatic carbocycles. The van der Waals surface area contributed by atoms with Crippen LogP contribution in [0.5, 0.6) is 5.75 Å². The molecule has 1 saturated heterocycles. The van der Waals surface area contributed by atoms with Crippen LogP contribution >= 0.6 is 0 Å². The van der Waals surface area contributed by atoms with Gasteiger partial charge in [-0.15, -0.1) is 0 Å². The Morgan fingerprint density at radius 2 is 1.95 bits per heavy atom. The minimum atomic E-state index is -2.61. The first-order valence-corrected chi connectivity index (χ1v) is 6.29. The normalized spacial score (nSPS) is 22.6. The van der Waals surface area contributed by atoms with Gasteiger partial charge in [0.1, 0.15) is 5.75 Å². The van der Waals surface area contributed by atoms with E-state index in [1.807, 2.05) is 0 Å². The number of benzene rings is 1. The van der Waals surface area contributed by atoms with Crippen molar-refractivity contribution in [2.45, 2.75) is 18.8 Å². The lowest BCUT2D eigenvalue weighted by atomic mass is 9.60. The number of hydrogen-bond acceptors (Lipinski definition) is 2. The highest BCUT2D eigenvalue weighted by Gasteiger charge is 2.67. The summed E-state index contributed by atoms with van der Waals surface area (Å²) in [6.07, 6.45) is 0.458. The molecule has 1 saturated carbocycles. The second-order valence-corrected chi connectivity index (χ2v) is 5.35. The lowest BCUT2D eigenvalue weighted by Gasteiger charge is -2.59. The number of halogens is 2. The Morgan fingerprint density at radius 3 is 2.47 bits per heavy atom. The van der Waals surface area contributed by atoms with E-state index in [1.54, 1.807) is 24.3 Å². The number of nitrogens with zero attached hydrogens (tertiary/aromatic N) is 1. The zero-order valence-corrected chi connectivity index (χ0v) is 10.7. The van der Waals surface area contributed by atoms with Crippen LogP contribution in [0.15, 0.2) is 24.3 Å². The fourth-order valence-corrected chi connectivity index (χ4v) is 2.88. The number of alkyl halides is 2. The van der Waals surface area contributed by atoms with Gasteiger partial charge in [0, 0.05) is 19.5 Å². The molecule has 3 rings (SSSR count). The summed E-state index contributed by atoms with van der Waals surface area (Å²) in [6.45, 7) is 0.299. The SMILES string of the molecule is COc1ccccc1C(=O)N1CC2(CCC2(F)F)C1. The lowest BCUT2D eigenvalue weighted by molar-refractivity contribution is -0.248. The first-order valence-electron chi connectivity index (χ1n) is 6.29. The van der Waals surface area contributed by atoms with E-state index in [0.29, 0.717) is 17.7 Å². The van der Waals surface area contributed by atoms with Crippen LogP contribution in [-0.2, 0) is 0 Å². The molecule has 1 spiro atoms. The molecule has 1 amide bonds. The van der Waals surface area contributed by atoms with Crippen LogP contribution in [0.3, 0.4) is 0 Å². The third kappa shape index (κ3) is 1.64. The van der Waals surface area contributed by atoms with Gasteiger partial charge in [0.25, 0.3) is 11.8 Å². The van der Waals surface area contributed by atoms with E-state index in [0.717, 1.165) is 0 Å². The highest BCUT2D eigenvalue weighted by Crippen LogP contribution is 2.59. The summed E-state index contributed by atoms with van der Waals surface area (Å²) in [6, 6.07) is 6.86. The van der Waals surface area contributed by atoms with E-state index in [4.69, 9.17) is 4.74 Å². The van der Waals surface area contributed by atoms with Crippen molar-refractivity contribution in [3.8, 4) is 5.75 Å². The third-order valence-electron chi connectivity index (χ3n) is 4.31. The molecule has 0 atom stereocenters. The van der Waals surface area contributed by atoms with E-state index >= 15 is 0 Å². The Hall–Kier alpha value is -1.65. The summed E-state index contributed by atoms with van der Waals surface area (Å²) >= 11 is 0. The van der Waals surface area contributed by atoms with Crippen LogP contribution in [0, 0.1) is 5.41 Å². The van der Waals surface area contributed by atoms with E-state index in [9.17, 15) is 13.6 Å². The number of amides is 1. The molecule has 2 aliphatic rings. The maximum Gasteiger partial charge on any atom is 0.257 e. The molecule has 1 aromatic rings. The van der Waals surface area contributed by atoms with Crippen LogP contribution in [0.25, 0.3) is 0 Å². The van der Waals surface area contributed by atoms with Crippen molar-refractivity contribution in [3.63, 3.8) is 0 Å². The van der Waals surface area contributed by atoms with Gasteiger partial charge in [0.05, 0.1) is 18.1 Å². The second kappa shape index (κ2) is 3.92. The summed E-state index contributed by atoms with van der Waals surface area (Å²) in [7, 11) is 1.49. The van der Waals surface area contributed by atoms with Gasteiger partial charge in [0.15, 0.2) is 0 Å². The molecule has 1 heterocycles. The smallest absolute Gasteiger partial charge is 0.257 e. The van der Waals surface area contributed by atoms with Crippen LogP contribution in [-0.4, -0.2) is 36.9 Å². The molecule has 19 heavy (non-hydrogen) atoms. The Bertz CT molecular complexity index is 524. The number of carbonyl (C=O) groups excluding carboxylic acids is 1. The van der Waals surface area contributed by atoms with Crippen molar-refractivity contribution in [1.82, 2.24) is 4.90 Å². The van der Waals surface area contributed by atoms with Gasteiger partial charge >= 0.3 is 0 Å². The number of hydrogen-bond donors (Lipinski definition) is 0. The topological polar surface area (TPSA) is 29.5 Å². The molecular formula is C14H15F2NO2. The standard InChI is InChI=1S/C14H15F2NO2/c1-19-11-5-3-2-4-10(11)12(18)17-8-13(9-17)6-7-14(13,15)16/h2-5H,6-9H2,1H3. The molecule has 1 aliphatic heterocycles. The quantitative estimate of drug-likeness (QED) is 0.824. The van der Waals surface area contributed by atoms with E-state index in [-0.39, 0.29) is 25.4 Å². The number of ether oxygens (including phenoxy) is 1. The summed E-state index contributed by atoms with van der Waals surface area (Å²) in [5, 5.41) is 0. The summed E-state index contributed by atoms with van der Waals surface area (Å²) in [4.78, 5) is 13.7. The van der Waals surface area contributed by atoms with Gasteiger partial charge in [-0.3, -0.25) is 4.79 Å². The maximum absolute atomic E-state index is 13.5. The predicted octanol–water partition coefficient (Wildman–Crippen LogP) is 2.57. The van der Waals surface area contributed by atoms with Crippen LogP contribution in [0.1, 0.15) is 23.2 Å². The number of methoxy groups -OCH3 is 1. The first kappa shape index (κ1) is 12.4. The Kier molecular flexibility index (Phi) is 2.56. The van der Waals surface area contributed by atoms with Gasteiger partial charge < -0.3 is 9.64 Å². The maximum atomic E-state index is 13.5. The molecule has 1 aromatic carbocycles. The van der Waals surface area contributed by atoms with Gasteiger partial charge in [-0.05, 0) is 18.6 Å². The van der Waals surface area contributed by atoms with Crippen molar-refractivity contribution < 1.29 is 18.3 Å². The van der Waals surface area contributed by atoms with E-state index in [1.165, 1.54) is 12.0 Å². The van der Waals surface area contributed by atoms with Crippen LogP contribution in [0.2, 0.25) is 0 Å². The van der Waals surface area contributed by atoms with Crippen molar-refractivity contribution in [3.05, 3.63) is 29.8 Å². The average molecular weight is 267 g/mol. The first-order chi connectivity index (χ1) is 8.99. The van der Waals surface area contributed by atoms with Gasteiger partial charge in [-0.25, -0.2) is 8.78 Å². The largest absolute Gasteiger partial charge is 0.496 e. The Balaban J connectivity index is 1.74. The fraction of sp³-hybridized carbons (Fsp3) is 0.500. The fourth-order valence-electron chi connectivity index (χ4n) is 2.88. The summed E-state index contributed by atoms with van der Waals surface area (Å²) in [5.74, 6) is -2.36. The van der Waals surface area contributed by atoms with Crippen LogP contribution in [0.4, 0.5) is 8.78 Å². The van der Waals surface area contributed by atoms with E-state index < -0.39 is 11.3 Å².